The van der Waals surface area contributed by atoms with Gasteiger partial charge in [-0.25, -0.2) is 0 Å². The third-order valence-electron chi connectivity index (χ3n) is 3.92. The number of carbonyl (C=O) groups is 1. The van der Waals surface area contributed by atoms with Crippen LogP contribution in [0.1, 0.15) is 34.2 Å². The molecule has 2 rings (SSSR count). The molecule has 4 heteroatoms. The summed E-state index contributed by atoms with van der Waals surface area (Å²) < 4.78 is 5.37. The first-order valence-electron chi connectivity index (χ1n) is 6.58. The van der Waals surface area contributed by atoms with Crippen molar-refractivity contribution >= 4 is 6.29 Å². The summed E-state index contributed by atoms with van der Waals surface area (Å²) in [4.78, 5) is 16.5. The third kappa shape index (κ3) is 2.65. The number of aldehydes is 1. The fourth-order valence-electron chi connectivity index (χ4n) is 2.68. The van der Waals surface area contributed by atoms with Crippen molar-refractivity contribution in [2.45, 2.75) is 33.2 Å². The summed E-state index contributed by atoms with van der Waals surface area (Å²) in [7, 11) is 0. The minimum absolute atomic E-state index is 0.488. The van der Waals surface area contributed by atoms with Gasteiger partial charge in [0.05, 0.1) is 18.9 Å². The molecule has 0 radical (unpaired) electrons. The maximum Gasteiger partial charge on any atom is 0.166 e. The molecule has 0 bridgehead atoms. The van der Waals surface area contributed by atoms with E-state index in [4.69, 9.17) is 4.74 Å². The average Bonchev–Trinajstić information content (AvgIpc) is 2.67. The number of H-pyrrole nitrogens is 1. The van der Waals surface area contributed by atoms with Crippen LogP contribution in [0.25, 0.3) is 0 Å². The Bertz CT molecular complexity index is 420. The Morgan fingerprint density at radius 3 is 2.61 bits per heavy atom. The van der Waals surface area contributed by atoms with E-state index in [0.717, 1.165) is 56.0 Å². The summed E-state index contributed by atoms with van der Waals surface area (Å²) in [6, 6.07) is 0.488. The molecule has 2 heterocycles. The van der Waals surface area contributed by atoms with Crippen LogP contribution in [-0.2, 0) is 11.2 Å². The molecule has 1 N–H and O–H groups in total. The highest BCUT2D eigenvalue weighted by Crippen LogP contribution is 2.20. The number of aryl methyl sites for hydroxylation is 1. The molecule has 1 aromatic heterocycles. The van der Waals surface area contributed by atoms with Gasteiger partial charge in [-0.2, -0.15) is 0 Å². The number of aromatic nitrogens is 1. The maximum absolute atomic E-state index is 10.9. The van der Waals surface area contributed by atoms with Gasteiger partial charge in [-0.3, -0.25) is 9.69 Å². The van der Waals surface area contributed by atoms with Gasteiger partial charge >= 0.3 is 0 Å². The van der Waals surface area contributed by atoms with E-state index >= 15 is 0 Å². The van der Waals surface area contributed by atoms with Gasteiger partial charge in [0.25, 0.3) is 0 Å². The standard InChI is InChI=1S/C14H22N2O2/c1-10(16-4-6-18-7-5-16)8-13-11(2)14(9-17)15-12(13)3/h9-10,15H,4-8H2,1-3H3. The minimum Gasteiger partial charge on any atom is -0.379 e. The lowest BCUT2D eigenvalue weighted by Crippen LogP contribution is -2.43. The largest absolute Gasteiger partial charge is 0.379 e. The number of aromatic amines is 1. The maximum atomic E-state index is 10.9. The van der Waals surface area contributed by atoms with Gasteiger partial charge in [0.1, 0.15) is 0 Å². The Morgan fingerprint density at radius 2 is 2.06 bits per heavy atom. The fourth-order valence-corrected chi connectivity index (χ4v) is 2.68. The summed E-state index contributed by atoms with van der Waals surface area (Å²) in [6.07, 6.45) is 1.90. The molecule has 18 heavy (non-hydrogen) atoms. The van der Waals surface area contributed by atoms with Crippen molar-refractivity contribution in [3.8, 4) is 0 Å². The molecule has 0 aromatic carbocycles. The van der Waals surface area contributed by atoms with Crippen LogP contribution >= 0.6 is 0 Å². The van der Waals surface area contributed by atoms with Gasteiger partial charge in [-0.05, 0) is 38.3 Å². The fraction of sp³-hybridized carbons (Fsp3) is 0.643. The number of ether oxygens (including phenoxy) is 1. The van der Waals surface area contributed by atoms with Crippen molar-refractivity contribution in [2.24, 2.45) is 0 Å². The number of carbonyl (C=O) groups excluding carboxylic acids is 1. The van der Waals surface area contributed by atoms with E-state index < -0.39 is 0 Å². The first-order chi connectivity index (χ1) is 8.63. The van der Waals surface area contributed by atoms with Crippen LogP contribution in [0.4, 0.5) is 0 Å². The zero-order chi connectivity index (χ0) is 13.1. The normalized spacial score (nSPS) is 18.8. The summed E-state index contributed by atoms with van der Waals surface area (Å²) in [6.45, 7) is 9.98. The van der Waals surface area contributed by atoms with E-state index in [0.29, 0.717) is 6.04 Å². The molecule has 0 amide bonds. The van der Waals surface area contributed by atoms with Crippen LogP contribution in [0.3, 0.4) is 0 Å². The van der Waals surface area contributed by atoms with Crippen molar-refractivity contribution in [2.75, 3.05) is 26.3 Å². The van der Waals surface area contributed by atoms with E-state index in [1.807, 2.05) is 13.8 Å². The molecule has 1 aliphatic heterocycles. The zero-order valence-corrected chi connectivity index (χ0v) is 11.5. The second-order valence-electron chi connectivity index (χ2n) is 5.09. The van der Waals surface area contributed by atoms with Crippen LogP contribution in [-0.4, -0.2) is 48.5 Å². The van der Waals surface area contributed by atoms with Gasteiger partial charge in [-0.1, -0.05) is 0 Å². The lowest BCUT2D eigenvalue weighted by atomic mass is 10.0. The van der Waals surface area contributed by atoms with Crippen molar-refractivity contribution in [3.05, 3.63) is 22.5 Å². The Balaban J connectivity index is 2.08. The Hall–Kier alpha value is -1.13. The highest BCUT2D eigenvalue weighted by Gasteiger charge is 2.20. The van der Waals surface area contributed by atoms with E-state index in [9.17, 15) is 4.79 Å². The topological polar surface area (TPSA) is 45.3 Å². The molecule has 0 aliphatic carbocycles. The van der Waals surface area contributed by atoms with Crippen LogP contribution in [0.2, 0.25) is 0 Å². The summed E-state index contributed by atoms with van der Waals surface area (Å²) >= 11 is 0. The van der Waals surface area contributed by atoms with Gasteiger partial charge in [0, 0.05) is 24.8 Å². The summed E-state index contributed by atoms with van der Waals surface area (Å²) in [5, 5.41) is 0. The first-order valence-corrected chi connectivity index (χ1v) is 6.58. The predicted molar refractivity (Wildman–Crippen MR) is 71.2 cm³/mol. The number of hydrogen-bond acceptors (Lipinski definition) is 3. The van der Waals surface area contributed by atoms with Gasteiger partial charge < -0.3 is 9.72 Å². The van der Waals surface area contributed by atoms with Gasteiger partial charge in [-0.15, -0.1) is 0 Å². The predicted octanol–water partition coefficient (Wildman–Crippen LogP) is 1.71. The number of hydrogen-bond donors (Lipinski definition) is 1. The Morgan fingerprint density at radius 1 is 1.39 bits per heavy atom. The molecule has 1 atom stereocenters. The number of nitrogens with zero attached hydrogens (tertiary/aromatic N) is 1. The van der Waals surface area contributed by atoms with Crippen LogP contribution in [0.5, 0.6) is 0 Å². The van der Waals surface area contributed by atoms with E-state index in [2.05, 4.69) is 16.8 Å². The van der Waals surface area contributed by atoms with Crippen LogP contribution < -0.4 is 0 Å². The lowest BCUT2D eigenvalue weighted by molar-refractivity contribution is 0.0203. The van der Waals surface area contributed by atoms with E-state index in [-0.39, 0.29) is 0 Å². The summed E-state index contributed by atoms with van der Waals surface area (Å²) in [5.74, 6) is 0. The zero-order valence-electron chi connectivity index (χ0n) is 11.5. The van der Waals surface area contributed by atoms with Crippen molar-refractivity contribution < 1.29 is 9.53 Å². The number of rotatable bonds is 4. The molecule has 4 nitrogen and oxygen atoms in total. The molecule has 1 fully saturated rings. The number of nitrogens with one attached hydrogen (secondary N) is 1. The van der Waals surface area contributed by atoms with Crippen molar-refractivity contribution in [3.63, 3.8) is 0 Å². The lowest BCUT2D eigenvalue weighted by Gasteiger charge is -2.32. The van der Waals surface area contributed by atoms with E-state index in [1.165, 1.54) is 5.56 Å². The molecule has 100 valence electrons. The van der Waals surface area contributed by atoms with Crippen LogP contribution in [0.15, 0.2) is 0 Å². The average molecular weight is 250 g/mol. The highest BCUT2D eigenvalue weighted by molar-refractivity contribution is 5.75. The molecule has 1 aliphatic rings. The molecule has 1 aromatic rings. The van der Waals surface area contributed by atoms with E-state index in [1.54, 1.807) is 0 Å². The molecule has 0 spiro atoms. The third-order valence-corrected chi connectivity index (χ3v) is 3.92. The van der Waals surface area contributed by atoms with Crippen LogP contribution in [0, 0.1) is 13.8 Å². The number of morpholine rings is 1. The molecular formula is C14H22N2O2. The minimum atomic E-state index is 0.488. The Labute approximate surface area is 108 Å². The Kier molecular flexibility index (Phi) is 4.19. The van der Waals surface area contributed by atoms with Crippen molar-refractivity contribution in [1.82, 2.24) is 9.88 Å². The first kappa shape index (κ1) is 13.3. The highest BCUT2D eigenvalue weighted by atomic mass is 16.5. The SMILES string of the molecule is Cc1[nH]c(C=O)c(C)c1CC(C)N1CCOCC1. The molecular weight excluding hydrogens is 228 g/mol. The smallest absolute Gasteiger partial charge is 0.166 e. The second kappa shape index (κ2) is 5.67. The van der Waals surface area contributed by atoms with Gasteiger partial charge in [0.2, 0.25) is 0 Å². The molecule has 0 saturated carbocycles. The quantitative estimate of drug-likeness (QED) is 0.827. The molecule has 1 unspecified atom stereocenters. The second-order valence-corrected chi connectivity index (χ2v) is 5.09. The summed E-state index contributed by atoms with van der Waals surface area (Å²) in [5.41, 5.74) is 4.23. The van der Waals surface area contributed by atoms with Crippen molar-refractivity contribution in [1.29, 1.82) is 0 Å². The van der Waals surface area contributed by atoms with Gasteiger partial charge in [0.15, 0.2) is 6.29 Å². The monoisotopic (exact) mass is 250 g/mol. The molecule has 1 saturated heterocycles.